The summed E-state index contributed by atoms with van der Waals surface area (Å²) >= 11 is 0. The minimum absolute atomic E-state index is 0.258. The number of aromatic nitrogens is 2. The molecule has 0 radical (unpaired) electrons. The smallest absolute Gasteiger partial charge is 0.269 e. The van der Waals surface area contributed by atoms with Gasteiger partial charge in [0.05, 0.1) is 12.2 Å². The molecule has 7 heteroatoms. The highest BCUT2D eigenvalue weighted by Gasteiger charge is 2.28. The third-order valence-corrected chi connectivity index (χ3v) is 5.73. The van der Waals surface area contributed by atoms with Crippen molar-refractivity contribution in [2.45, 2.75) is 32.0 Å². The van der Waals surface area contributed by atoms with Crippen molar-refractivity contribution in [3.05, 3.63) is 102 Å². The Kier molecular flexibility index (Phi) is 6.51. The van der Waals surface area contributed by atoms with Gasteiger partial charge in [0.25, 0.3) is 5.91 Å². The van der Waals surface area contributed by atoms with Crippen molar-refractivity contribution in [3.8, 4) is 0 Å². The zero-order valence-corrected chi connectivity index (χ0v) is 18.3. The van der Waals surface area contributed by atoms with Gasteiger partial charge in [-0.05, 0) is 41.3 Å². The number of nitrogens with zero attached hydrogens (tertiary/aromatic N) is 2. The predicted octanol–water partition coefficient (Wildman–Crippen LogP) is 2.58. The number of rotatable bonds is 8. The van der Waals surface area contributed by atoms with Crippen LogP contribution in [0.15, 0.2) is 79.0 Å². The molecule has 7 nitrogen and oxygen atoms in total. The fourth-order valence-corrected chi connectivity index (χ4v) is 3.92. The number of fused-ring (bicyclic) bond motifs is 1. The van der Waals surface area contributed by atoms with Crippen LogP contribution in [0.25, 0.3) is 10.8 Å². The molecule has 2 atom stereocenters. The number of hydrogen-bond donors (Lipinski definition) is 3. The molecular formula is C26H26N4O3. The second-order valence-corrected chi connectivity index (χ2v) is 8.08. The Morgan fingerprint density at radius 1 is 1.00 bits per heavy atom. The van der Waals surface area contributed by atoms with Gasteiger partial charge in [-0.2, -0.15) is 0 Å². The van der Waals surface area contributed by atoms with Crippen molar-refractivity contribution < 1.29 is 14.7 Å². The lowest BCUT2D eigenvalue weighted by Crippen LogP contribution is -2.50. The number of hydrogen-bond acceptors (Lipinski definition) is 4. The molecule has 0 spiro atoms. The lowest BCUT2D eigenvalue weighted by atomic mass is 10.0. The SMILES string of the molecule is Cc1ncc(C(=O)NC(Cc2ccccc2)C(O)C(N)=O)n1Cc1ccc2ccccc2c1. The number of aliphatic hydroxyl groups excluding tert-OH is 1. The maximum absolute atomic E-state index is 13.2. The topological polar surface area (TPSA) is 110 Å². The summed E-state index contributed by atoms with van der Waals surface area (Å²) in [4.78, 5) is 29.2. The van der Waals surface area contributed by atoms with Gasteiger partial charge in [0.1, 0.15) is 11.5 Å². The number of aliphatic hydroxyl groups is 1. The zero-order chi connectivity index (χ0) is 23.4. The first-order valence-corrected chi connectivity index (χ1v) is 10.7. The van der Waals surface area contributed by atoms with E-state index in [1.807, 2.05) is 66.1 Å². The number of primary amides is 1. The first-order chi connectivity index (χ1) is 15.9. The highest BCUT2D eigenvalue weighted by Crippen LogP contribution is 2.18. The molecule has 33 heavy (non-hydrogen) atoms. The van der Waals surface area contributed by atoms with Gasteiger partial charge in [0.2, 0.25) is 5.91 Å². The van der Waals surface area contributed by atoms with Gasteiger partial charge in [0.15, 0.2) is 6.10 Å². The number of nitrogens with one attached hydrogen (secondary N) is 1. The summed E-state index contributed by atoms with van der Waals surface area (Å²) in [7, 11) is 0. The summed E-state index contributed by atoms with van der Waals surface area (Å²) in [6.45, 7) is 2.29. The standard InChI is InChI=1S/C26H26N4O3/c1-17-28-15-23(30(17)16-19-11-12-20-9-5-6-10-21(20)13-19)26(33)29-22(24(31)25(27)32)14-18-7-3-2-4-8-18/h2-13,15,22,24,31H,14,16H2,1H3,(H2,27,32)(H,29,33). The summed E-state index contributed by atoms with van der Waals surface area (Å²) in [6, 6.07) is 22.7. The average molecular weight is 443 g/mol. The van der Waals surface area contributed by atoms with Crippen molar-refractivity contribution in [1.29, 1.82) is 0 Å². The lowest BCUT2D eigenvalue weighted by Gasteiger charge is -2.22. The van der Waals surface area contributed by atoms with Crippen molar-refractivity contribution >= 4 is 22.6 Å². The normalized spacial score (nSPS) is 12.9. The van der Waals surface area contributed by atoms with Gasteiger partial charge in [-0.25, -0.2) is 4.98 Å². The molecule has 4 rings (SSSR count). The monoisotopic (exact) mass is 442 g/mol. The van der Waals surface area contributed by atoms with Gasteiger partial charge in [-0.1, -0.05) is 66.7 Å². The van der Waals surface area contributed by atoms with E-state index in [-0.39, 0.29) is 6.42 Å². The molecule has 4 N–H and O–H groups in total. The van der Waals surface area contributed by atoms with E-state index in [1.165, 1.54) is 6.20 Å². The number of amides is 2. The minimum Gasteiger partial charge on any atom is -0.381 e. The number of carbonyl (C=O) groups is 2. The molecule has 168 valence electrons. The molecule has 4 aromatic rings. The van der Waals surface area contributed by atoms with Crippen molar-refractivity contribution in [3.63, 3.8) is 0 Å². The van der Waals surface area contributed by atoms with E-state index in [4.69, 9.17) is 5.73 Å². The molecular weight excluding hydrogens is 416 g/mol. The molecule has 1 heterocycles. The van der Waals surface area contributed by atoms with E-state index in [2.05, 4.69) is 28.5 Å². The number of carbonyl (C=O) groups excluding carboxylic acids is 2. The first kappa shape index (κ1) is 22.2. The Labute approximate surface area is 191 Å². The summed E-state index contributed by atoms with van der Waals surface area (Å²) in [6.07, 6.45) is 0.239. The van der Waals surface area contributed by atoms with Gasteiger partial charge < -0.3 is 20.7 Å². The molecule has 0 saturated carbocycles. The van der Waals surface area contributed by atoms with Crippen LogP contribution < -0.4 is 11.1 Å². The van der Waals surface area contributed by atoms with Crippen LogP contribution in [0.4, 0.5) is 0 Å². The van der Waals surface area contributed by atoms with Crippen LogP contribution >= 0.6 is 0 Å². The van der Waals surface area contributed by atoms with Crippen LogP contribution in [0, 0.1) is 6.92 Å². The van der Waals surface area contributed by atoms with Crippen LogP contribution in [0.2, 0.25) is 0 Å². The van der Waals surface area contributed by atoms with E-state index in [9.17, 15) is 14.7 Å². The molecule has 1 aromatic heterocycles. The number of aryl methyl sites for hydroxylation is 1. The van der Waals surface area contributed by atoms with Gasteiger partial charge in [-0.15, -0.1) is 0 Å². The summed E-state index contributed by atoms with van der Waals surface area (Å²) in [5, 5.41) is 15.4. The minimum atomic E-state index is -1.52. The molecule has 2 unspecified atom stereocenters. The van der Waals surface area contributed by atoms with Gasteiger partial charge in [-0.3, -0.25) is 9.59 Å². The van der Waals surface area contributed by atoms with Gasteiger partial charge in [0, 0.05) is 6.54 Å². The predicted molar refractivity (Wildman–Crippen MR) is 127 cm³/mol. The third-order valence-electron chi connectivity index (χ3n) is 5.73. The molecule has 0 aliphatic heterocycles. The Morgan fingerprint density at radius 3 is 2.42 bits per heavy atom. The van der Waals surface area contributed by atoms with Crippen LogP contribution in [0.3, 0.4) is 0 Å². The number of nitrogens with two attached hydrogens (primary N) is 1. The van der Waals surface area contributed by atoms with Crippen molar-refractivity contribution in [1.82, 2.24) is 14.9 Å². The van der Waals surface area contributed by atoms with E-state index in [1.54, 1.807) is 0 Å². The molecule has 2 amide bonds. The van der Waals surface area contributed by atoms with E-state index in [0.29, 0.717) is 18.1 Å². The van der Waals surface area contributed by atoms with Gasteiger partial charge >= 0.3 is 0 Å². The fourth-order valence-electron chi connectivity index (χ4n) is 3.92. The summed E-state index contributed by atoms with van der Waals surface area (Å²) in [5.74, 6) is -0.641. The van der Waals surface area contributed by atoms with E-state index in [0.717, 1.165) is 21.9 Å². The Balaban J connectivity index is 1.57. The third kappa shape index (κ3) is 5.10. The molecule has 0 fully saturated rings. The molecule has 0 bridgehead atoms. The van der Waals surface area contributed by atoms with Crippen LogP contribution in [0.1, 0.15) is 27.4 Å². The highest BCUT2D eigenvalue weighted by atomic mass is 16.3. The fraction of sp³-hybridized carbons (Fsp3) is 0.192. The summed E-state index contributed by atoms with van der Waals surface area (Å²) < 4.78 is 1.82. The Bertz CT molecular complexity index is 1280. The van der Waals surface area contributed by atoms with Crippen LogP contribution in [0.5, 0.6) is 0 Å². The molecule has 0 aliphatic rings. The first-order valence-electron chi connectivity index (χ1n) is 10.7. The van der Waals surface area contributed by atoms with Crippen molar-refractivity contribution in [2.75, 3.05) is 0 Å². The lowest BCUT2D eigenvalue weighted by molar-refractivity contribution is -0.127. The second kappa shape index (κ2) is 9.67. The number of imidazole rings is 1. The van der Waals surface area contributed by atoms with Crippen LogP contribution in [-0.4, -0.2) is 38.6 Å². The highest BCUT2D eigenvalue weighted by molar-refractivity contribution is 5.93. The second-order valence-electron chi connectivity index (χ2n) is 8.08. The molecule has 0 saturated heterocycles. The average Bonchev–Trinajstić information content (AvgIpc) is 3.18. The quantitative estimate of drug-likeness (QED) is 0.390. The Morgan fingerprint density at radius 2 is 1.70 bits per heavy atom. The number of benzene rings is 3. The molecule has 3 aromatic carbocycles. The van der Waals surface area contributed by atoms with Crippen LogP contribution in [-0.2, 0) is 17.8 Å². The zero-order valence-electron chi connectivity index (χ0n) is 18.3. The van der Waals surface area contributed by atoms with E-state index < -0.39 is 24.0 Å². The van der Waals surface area contributed by atoms with Crippen molar-refractivity contribution in [2.24, 2.45) is 5.73 Å². The van der Waals surface area contributed by atoms with E-state index >= 15 is 0 Å². The maximum atomic E-state index is 13.2. The Hall–Kier alpha value is -3.97. The largest absolute Gasteiger partial charge is 0.381 e. The maximum Gasteiger partial charge on any atom is 0.269 e. The molecule has 0 aliphatic carbocycles. The summed E-state index contributed by atoms with van der Waals surface area (Å²) in [5.41, 5.74) is 7.57.